The summed E-state index contributed by atoms with van der Waals surface area (Å²) in [5, 5.41) is 0. The molecule has 6 nitrogen and oxygen atoms in total. The molecule has 0 aliphatic carbocycles. The first-order valence-electron chi connectivity index (χ1n) is 8.35. The van der Waals surface area contributed by atoms with Crippen LogP contribution in [-0.2, 0) is 11.2 Å². The van der Waals surface area contributed by atoms with E-state index >= 15 is 0 Å². The van der Waals surface area contributed by atoms with Crippen molar-refractivity contribution in [3.63, 3.8) is 0 Å². The fourth-order valence-corrected chi connectivity index (χ4v) is 3.03. The first-order valence-corrected chi connectivity index (χ1v) is 8.35. The van der Waals surface area contributed by atoms with Crippen LogP contribution in [-0.4, -0.2) is 46.4 Å². The summed E-state index contributed by atoms with van der Waals surface area (Å²) in [6.07, 6.45) is 6.85. The average molecular weight is 325 g/mol. The lowest BCUT2D eigenvalue weighted by Crippen LogP contribution is -2.25. The van der Waals surface area contributed by atoms with Crippen molar-refractivity contribution in [2.45, 2.75) is 31.7 Å². The Labute approximate surface area is 142 Å². The van der Waals surface area contributed by atoms with Crippen LogP contribution in [0.4, 0.5) is 5.95 Å². The summed E-state index contributed by atoms with van der Waals surface area (Å²) in [5.41, 5.74) is 2.00. The van der Waals surface area contributed by atoms with Gasteiger partial charge in [-0.3, -0.25) is 9.78 Å². The van der Waals surface area contributed by atoms with Gasteiger partial charge in [-0.25, -0.2) is 9.97 Å². The zero-order chi connectivity index (χ0) is 16.9. The molecule has 3 rings (SSSR count). The Kier molecular flexibility index (Phi) is 5.03. The van der Waals surface area contributed by atoms with E-state index in [9.17, 15) is 4.79 Å². The summed E-state index contributed by atoms with van der Waals surface area (Å²) in [4.78, 5) is 29.2. The number of amides is 1. The van der Waals surface area contributed by atoms with Gasteiger partial charge in [0.2, 0.25) is 11.9 Å². The van der Waals surface area contributed by atoms with Crippen LogP contribution in [0.2, 0.25) is 0 Å². The summed E-state index contributed by atoms with van der Waals surface area (Å²) < 4.78 is 0. The number of nitrogens with zero attached hydrogens (tertiary/aromatic N) is 5. The number of carbonyl (C=O) groups excluding carboxylic acids is 1. The molecule has 2 aromatic heterocycles. The second-order valence-corrected chi connectivity index (χ2v) is 6.24. The number of anilines is 1. The fourth-order valence-electron chi connectivity index (χ4n) is 3.03. The van der Waals surface area contributed by atoms with Crippen molar-refractivity contribution in [2.75, 3.05) is 25.5 Å². The van der Waals surface area contributed by atoms with E-state index in [-0.39, 0.29) is 11.9 Å². The van der Waals surface area contributed by atoms with Gasteiger partial charge in [-0.05, 0) is 37.5 Å². The molecule has 1 atom stereocenters. The van der Waals surface area contributed by atoms with Crippen LogP contribution in [0.3, 0.4) is 0 Å². The lowest BCUT2D eigenvalue weighted by atomic mass is 10.1. The molecule has 0 radical (unpaired) electrons. The topological polar surface area (TPSA) is 62.2 Å². The lowest BCUT2D eigenvalue weighted by molar-refractivity contribution is -0.128. The average Bonchev–Trinajstić information content (AvgIpc) is 3.10. The minimum Gasteiger partial charge on any atom is -0.349 e. The standard InChI is InChI=1S/C18H23N5O/c1-22(2)17(24)10-9-14-6-3-7-15(21-14)16-8-4-13-23(16)18-19-11-5-12-20-18/h3,5-7,11-12,16H,4,8-10,13H2,1-2H3. The van der Waals surface area contributed by atoms with Crippen molar-refractivity contribution in [3.05, 3.63) is 48.0 Å². The highest BCUT2D eigenvalue weighted by molar-refractivity contribution is 5.75. The third-order valence-electron chi connectivity index (χ3n) is 4.33. The summed E-state index contributed by atoms with van der Waals surface area (Å²) in [6.45, 7) is 0.944. The summed E-state index contributed by atoms with van der Waals surface area (Å²) in [5.74, 6) is 0.886. The largest absolute Gasteiger partial charge is 0.349 e. The molecule has 0 N–H and O–H groups in total. The van der Waals surface area contributed by atoms with Crippen LogP contribution in [0.25, 0.3) is 0 Å². The molecule has 1 aliphatic heterocycles. The summed E-state index contributed by atoms with van der Waals surface area (Å²) in [6, 6.07) is 8.11. The Morgan fingerprint density at radius 2 is 2.04 bits per heavy atom. The number of aryl methyl sites for hydroxylation is 1. The van der Waals surface area contributed by atoms with Crippen molar-refractivity contribution in [2.24, 2.45) is 0 Å². The van der Waals surface area contributed by atoms with Gasteiger partial charge in [-0.1, -0.05) is 6.07 Å². The number of hydrogen-bond donors (Lipinski definition) is 0. The summed E-state index contributed by atoms with van der Waals surface area (Å²) >= 11 is 0. The highest BCUT2D eigenvalue weighted by atomic mass is 16.2. The van der Waals surface area contributed by atoms with E-state index in [0.717, 1.165) is 36.7 Å². The predicted molar refractivity (Wildman–Crippen MR) is 92.6 cm³/mol. The van der Waals surface area contributed by atoms with E-state index in [0.29, 0.717) is 12.8 Å². The Morgan fingerprint density at radius 1 is 1.25 bits per heavy atom. The first kappa shape index (κ1) is 16.4. The van der Waals surface area contributed by atoms with Gasteiger partial charge in [-0.2, -0.15) is 0 Å². The molecule has 0 spiro atoms. The molecule has 1 fully saturated rings. The quantitative estimate of drug-likeness (QED) is 0.843. The number of carbonyl (C=O) groups is 1. The van der Waals surface area contributed by atoms with Crippen molar-refractivity contribution in [1.82, 2.24) is 19.9 Å². The van der Waals surface area contributed by atoms with E-state index in [1.807, 2.05) is 18.2 Å². The predicted octanol–water partition coefficient (Wildman–Crippen LogP) is 2.23. The molecule has 0 bridgehead atoms. The van der Waals surface area contributed by atoms with Crippen LogP contribution < -0.4 is 4.90 Å². The second-order valence-electron chi connectivity index (χ2n) is 6.24. The van der Waals surface area contributed by atoms with Gasteiger partial charge < -0.3 is 9.80 Å². The number of pyridine rings is 1. The van der Waals surface area contributed by atoms with Gasteiger partial charge in [0.1, 0.15) is 0 Å². The van der Waals surface area contributed by atoms with Gasteiger partial charge in [0, 0.05) is 45.1 Å². The maximum atomic E-state index is 11.8. The van der Waals surface area contributed by atoms with Crippen LogP contribution in [0.1, 0.15) is 36.7 Å². The van der Waals surface area contributed by atoms with E-state index < -0.39 is 0 Å². The Hall–Kier alpha value is -2.50. The van der Waals surface area contributed by atoms with Crippen molar-refractivity contribution in [1.29, 1.82) is 0 Å². The molecular formula is C18H23N5O. The fraction of sp³-hybridized carbons (Fsp3) is 0.444. The molecular weight excluding hydrogens is 302 g/mol. The zero-order valence-electron chi connectivity index (χ0n) is 14.2. The Balaban J connectivity index is 1.74. The Morgan fingerprint density at radius 3 is 2.79 bits per heavy atom. The molecule has 3 heterocycles. The van der Waals surface area contributed by atoms with Crippen molar-refractivity contribution >= 4 is 11.9 Å². The highest BCUT2D eigenvalue weighted by Gasteiger charge is 2.29. The molecule has 2 aromatic rings. The van der Waals surface area contributed by atoms with Gasteiger partial charge >= 0.3 is 0 Å². The van der Waals surface area contributed by atoms with E-state index in [1.165, 1.54) is 0 Å². The third-order valence-corrected chi connectivity index (χ3v) is 4.33. The van der Waals surface area contributed by atoms with E-state index in [1.54, 1.807) is 31.4 Å². The van der Waals surface area contributed by atoms with Crippen LogP contribution in [0.15, 0.2) is 36.7 Å². The Bertz CT molecular complexity index is 689. The van der Waals surface area contributed by atoms with Gasteiger partial charge in [0.15, 0.2) is 0 Å². The van der Waals surface area contributed by atoms with E-state index in [2.05, 4.69) is 20.9 Å². The normalized spacial score (nSPS) is 17.1. The van der Waals surface area contributed by atoms with Crippen LogP contribution >= 0.6 is 0 Å². The SMILES string of the molecule is CN(C)C(=O)CCc1cccc(C2CCCN2c2ncccn2)n1. The van der Waals surface area contributed by atoms with Crippen molar-refractivity contribution in [3.8, 4) is 0 Å². The molecule has 24 heavy (non-hydrogen) atoms. The third kappa shape index (κ3) is 3.69. The lowest BCUT2D eigenvalue weighted by Gasteiger charge is -2.24. The molecule has 0 aromatic carbocycles. The van der Waals surface area contributed by atoms with Gasteiger partial charge in [-0.15, -0.1) is 0 Å². The number of rotatable bonds is 5. The van der Waals surface area contributed by atoms with Gasteiger partial charge in [0.05, 0.1) is 11.7 Å². The number of hydrogen-bond acceptors (Lipinski definition) is 5. The van der Waals surface area contributed by atoms with Crippen LogP contribution in [0.5, 0.6) is 0 Å². The summed E-state index contributed by atoms with van der Waals surface area (Å²) in [7, 11) is 3.56. The minimum absolute atomic E-state index is 0.127. The van der Waals surface area contributed by atoms with Crippen LogP contribution in [0, 0.1) is 0 Å². The first-order chi connectivity index (χ1) is 11.6. The zero-order valence-corrected chi connectivity index (χ0v) is 14.2. The molecule has 1 unspecified atom stereocenters. The highest BCUT2D eigenvalue weighted by Crippen LogP contribution is 2.33. The monoisotopic (exact) mass is 325 g/mol. The molecule has 126 valence electrons. The maximum absolute atomic E-state index is 11.8. The molecule has 0 saturated carbocycles. The molecule has 1 aliphatic rings. The molecule has 1 amide bonds. The second kappa shape index (κ2) is 7.38. The molecule has 6 heteroatoms. The minimum atomic E-state index is 0.127. The van der Waals surface area contributed by atoms with Gasteiger partial charge in [0.25, 0.3) is 0 Å². The smallest absolute Gasteiger partial charge is 0.225 e. The van der Waals surface area contributed by atoms with Crippen molar-refractivity contribution < 1.29 is 4.79 Å². The van der Waals surface area contributed by atoms with E-state index in [4.69, 9.17) is 4.98 Å². The number of aromatic nitrogens is 3. The maximum Gasteiger partial charge on any atom is 0.225 e. The molecule has 1 saturated heterocycles.